The number of benzene rings is 1. The van der Waals surface area contributed by atoms with Gasteiger partial charge in [0.05, 0.1) is 6.61 Å². The third-order valence-corrected chi connectivity index (χ3v) is 3.82. The quantitative estimate of drug-likeness (QED) is 0.894. The Labute approximate surface area is 111 Å². The van der Waals surface area contributed by atoms with Crippen molar-refractivity contribution < 1.29 is 14.2 Å². The van der Waals surface area contributed by atoms with E-state index >= 15 is 0 Å². The number of hydrogen-bond donors (Lipinski definition) is 1. The highest BCUT2D eigenvalue weighted by Gasteiger charge is 2.27. The molecule has 2 N–H and O–H groups in total. The molecule has 2 atom stereocenters. The summed E-state index contributed by atoms with van der Waals surface area (Å²) in [7, 11) is 0. The van der Waals surface area contributed by atoms with Crippen molar-refractivity contribution in [1.29, 1.82) is 0 Å². The Morgan fingerprint density at radius 1 is 1.17 bits per heavy atom. The normalized spacial score (nSPS) is 24.0. The average Bonchev–Trinajstić information content (AvgIpc) is 2.91. The number of fused-ring (bicyclic) bond motifs is 1. The van der Waals surface area contributed by atoms with Gasteiger partial charge in [0.15, 0.2) is 11.5 Å². The van der Waals surface area contributed by atoms with Crippen LogP contribution in [0.3, 0.4) is 0 Å². The molecule has 18 heavy (non-hydrogen) atoms. The monoisotopic (exact) mass is 269 g/mol. The van der Waals surface area contributed by atoms with Gasteiger partial charge in [0.2, 0.25) is 0 Å². The maximum Gasteiger partial charge on any atom is 0.162 e. The second-order valence-electron chi connectivity index (χ2n) is 4.67. The molecule has 98 valence electrons. The molecule has 4 nitrogen and oxygen atoms in total. The van der Waals surface area contributed by atoms with Crippen molar-refractivity contribution >= 4 is 11.6 Å². The molecule has 2 aliphatic heterocycles. The van der Waals surface area contributed by atoms with Gasteiger partial charge in [-0.25, -0.2) is 0 Å². The third kappa shape index (κ3) is 2.16. The summed E-state index contributed by atoms with van der Waals surface area (Å²) in [5, 5.41) is 0.638. The van der Waals surface area contributed by atoms with Gasteiger partial charge in [-0.05, 0) is 18.1 Å². The molecule has 0 aliphatic carbocycles. The van der Waals surface area contributed by atoms with Gasteiger partial charge in [0.25, 0.3) is 0 Å². The number of rotatable bonds is 2. The Balaban J connectivity index is 1.90. The molecular weight excluding hydrogens is 254 g/mol. The highest BCUT2D eigenvalue weighted by Crippen LogP contribution is 2.39. The summed E-state index contributed by atoms with van der Waals surface area (Å²) in [6.07, 6.45) is 0.978. The summed E-state index contributed by atoms with van der Waals surface area (Å²) < 4.78 is 16.4. The van der Waals surface area contributed by atoms with E-state index in [1.807, 2.05) is 6.07 Å². The second kappa shape index (κ2) is 4.96. The van der Waals surface area contributed by atoms with Crippen LogP contribution in [0.4, 0.5) is 0 Å². The SMILES string of the molecule is NC(c1cc2c(cc1Cl)OCCO2)C1CCOC1. The summed E-state index contributed by atoms with van der Waals surface area (Å²) in [6.45, 7) is 2.60. The summed E-state index contributed by atoms with van der Waals surface area (Å²) >= 11 is 6.28. The number of ether oxygens (including phenoxy) is 3. The molecule has 1 aromatic rings. The van der Waals surface area contributed by atoms with Crippen molar-refractivity contribution in [2.75, 3.05) is 26.4 Å². The van der Waals surface area contributed by atoms with E-state index in [1.165, 1.54) is 0 Å². The molecule has 2 heterocycles. The molecule has 0 aromatic heterocycles. The first-order valence-electron chi connectivity index (χ1n) is 6.18. The molecular formula is C13H16ClNO3. The maximum absolute atomic E-state index is 6.28. The molecule has 0 radical (unpaired) electrons. The topological polar surface area (TPSA) is 53.7 Å². The van der Waals surface area contributed by atoms with E-state index in [1.54, 1.807) is 6.07 Å². The van der Waals surface area contributed by atoms with E-state index in [0.29, 0.717) is 36.5 Å². The highest BCUT2D eigenvalue weighted by molar-refractivity contribution is 6.31. The van der Waals surface area contributed by atoms with Crippen molar-refractivity contribution in [3.63, 3.8) is 0 Å². The van der Waals surface area contributed by atoms with Crippen LogP contribution in [0.2, 0.25) is 5.02 Å². The van der Waals surface area contributed by atoms with E-state index in [-0.39, 0.29) is 6.04 Å². The number of nitrogens with two attached hydrogens (primary N) is 1. The van der Waals surface area contributed by atoms with Gasteiger partial charge in [-0.2, -0.15) is 0 Å². The van der Waals surface area contributed by atoms with Crippen LogP contribution < -0.4 is 15.2 Å². The van der Waals surface area contributed by atoms with Gasteiger partial charge in [0.1, 0.15) is 13.2 Å². The molecule has 0 spiro atoms. The largest absolute Gasteiger partial charge is 0.486 e. The van der Waals surface area contributed by atoms with Crippen LogP contribution in [-0.2, 0) is 4.74 Å². The van der Waals surface area contributed by atoms with Crippen LogP contribution in [-0.4, -0.2) is 26.4 Å². The number of hydrogen-bond acceptors (Lipinski definition) is 4. The molecule has 0 bridgehead atoms. The summed E-state index contributed by atoms with van der Waals surface area (Å²) in [5.74, 6) is 1.75. The third-order valence-electron chi connectivity index (χ3n) is 3.49. The predicted molar refractivity (Wildman–Crippen MR) is 68.3 cm³/mol. The lowest BCUT2D eigenvalue weighted by molar-refractivity contribution is 0.170. The van der Waals surface area contributed by atoms with Crippen molar-refractivity contribution in [2.45, 2.75) is 12.5 Å². The van der Waals surface area contributed by atoms with Crippen molar-refractivity contribution in [1.82, 2.24) is 0 Å². The zero-order valence-electron chi connectivity index (χ0n) is 10.0. The first-order valence-corrected chi connectivity index (χ1v) is 6.56. The Bertz CT molecular complexity index is 446. The molecule has 0 amide bonds. The summed E-state index contributed by atoms with van der Waals surface area (Å²) in [6, 6.07) is 3.58. The minimum atomic E-state index is -0.115. The standard InChI is InChI=1S/C13H16ClNO3/c14-10-6-12-11(17-3-4-18-12)5-9(10)13(15)8-1-2-16-7-8/h5-6,8,13H,1-4,7,15H2. The molecule has 1 aromatic carbocycles. The molecule has 2 aliphatic rings. The Hall–Kier alpha value is -0.970. The lowest BCUT2D eigenvalue weighted by Crippen LogP contribution is -2.23. The fourth-order valence-electron chi connectivity index (χ4n) is 2.43. The van der Waals surface area contributed by atoms with Gasteiger partial charge >= 0.3 is 0 Å². The first kappa shape index (κ1) is 12.1. The lowest BCUT2D eigenvalue weighted by atomic mass is 9.93. The summed E-state index contributed by atoms with van der Waals surface area (Å²) in [5.41, 5.74) is 7.19. The Kier molecular flexibility index (Phi) is 3.33. The highest BCUT2D eigenvalue weighted by atomic mass is 35.5. The maximum atomic E-state index is 6.28. The van der Waals surface area contributed by atoms with Crippen molar-refractivity contribution in [2.24, 2.45) is 11.7 Å². The molecule has 1 saturated heterocycles. The van der Waals surface area contributed by atoms with E-state index in [9.17, 15) is 0 Å². The average molecular weight is 270 g/mol. The van der Waals surface area contributed by atoms with Gasteiger partial charge in [-0.3, -0.25) is 0 Å². The van der Waals surface area contributed by atoms with Crippen LogP contribution in [0, 0.1) is 5.92 Å². The van der Waals surface area contributed by atoms with Gasteiger partial charge in [-0.15, -0.1) is 0 Å². The van der Waals surface area contributed by atoms with Crippen LogP contribution in [0.5, 0.6) is 11.5 Å². The zero-order chi connectivity index (χ0) is 12.5. The van der Waals surface area contributed by atoms with Crippen molar-refractivity contribution in [3.8, 4) is 11.5 Å². The minimum absolute atomic E-state index is 0.115. The van der Waals surface area contributed by atoms with E-state index < -0.39 is 0 Å². The van der Waals surface area contributed by atoms with Crippen LogP contribution in [0.15, 0.2) is 12.1 Å². The minimum Gasteiger partial charge on any atom is -0.486 e. The number of halogens is 1. The molecule has 0 saturated carbocycles. The summed E-state index contributed by atoms with van der Waals surface area (Å²) in [4.78, 5) is 0. The Morgan fingerprint density at radius 3 is 2.56 bits per heavy atom. The Morgan fingerprint density at radius 2 is 1.89 bits per heavy atom. The van der Waals surface area contributed by atoms with Crippen LogP contribution in [0.25, 0.3) is 0 Å². The van der Waals surface area contributed by atoms with Crippen molar-refractivity contribution in [3.05, 3.63) is 22.7 Å². The molecule has 3 rings (SSSR count). The van der Waals surface area contributed by atoms with E-state index in [4.69, 9.17) is 31.5 Å². The van der Waals surface area contributed by atoms with Crippen LogP contribution >= 0.6 is 11.6 Å². The van der Waals surface area contributed by atoms with Gasteiger partial charge in [-0.1, -0.05) is 11.6 Å². The molecule has 2 unspecified atom stereocenters. The fourth-order valence-corrected chi connectivity index (χ4v) is 2.70. The van der Waals surface area contributed by atoms with Gasteiger partial charge in [0, 0.05) is 29.7 Å². The van der Waals surface area contributed by atoms with E-state index in [2.05, 4.69) is 0 Å². The second-order valence-corrected chi connectivity index (χ2v) is 5.07. The predicted octanol–water partition coefficient (Wildman–Crippen LogP) is 2.15. The van der Waals surface area contributed by atoms with Gasteiger partial charge < -0.3 is 19.9 Å². The molecule has 5 heteroatoms. The fraction of sp³-hybridized carbons (Fsp3) is 0.538. The van der Waals surface area contributed by atoms with E-state index in [0.717, 1.165) is 24.3 Å². The smallest absolute Gasteiger partial charge is 0.162 e. The first-order chi connectivity index (χ1) is 8.75. The zero-order valence-corrected chi connectivity index (χ0v) is 10.8. The van der Waals surface area contributed by atoms with Crippen LogP contribution in [0.1, 0.15) is 18.0 Å². The lowest BCUT2D eigenvalue weighted by Gasteiger charge is -2.23. The molecule has 1 fully saturated rings.